The Bertz CT molecular complexity index is 646. The van der Waals surface area contributed by atoms with E-state index in [-0.39, 0.29) is 12.7 Å². The number of hydrogen-bond donors (Lipinski definition) is 2. The summed E-state index contributed by atoms with van der Waals surface area (Å²) in [7, 11) is 0. The van der Waals surface area contributed by atoms with Crippen molar-refractivity contribution in [1.29, 1.82) is 0 Å². The van der Waals surface area contributed by atoms with Gasteiger partial charge >= 0.3 is 0 Å². The van der Waals surface area contributed by atoms with Crippen LogP contribution in [-0.4, -0.2) is 71.0 Å². The Kier molecular flexibility index (Phi) is 8.82. The molecule has 3 rings (SSSR count). The molecular weight excluding hydrogens is 364 g/mol. The number of aliphatic hydroxyl groups is 2. The first-order valence-electron chi connectivity index (χ1n) is 11.1. The zero-order valence-corrected chi connectivity index (χ0v) is 17.5. The number of β-amino-alcohol motifs (C(OH)–C–C–N with tert-alkyl or cyclic N) is 1. The topological polar surface area (TPSA) is 56.2 Å². The van der Waals surface area contributed by atoms with Crippen molar-refractivity contribution in [2.24, 2.45) is 0 Å². The van der Waals surface area contributed by atoms with E-state index in [1.165, 1.54) is 37.7 Å². The molecule has 1 saturated heterocycles. The molecule has 29 heavy (non-hydrogen) atoms. The molecule has 0 aromatic heterocycles. The van der Waals surface area contributed by atoms with Gasteiger partial charge in [0.1, 0.15) is 18.5 Å². The molecule has 1 aliphatic heterocycles. The van der Waals surface area contributed by atoms with Gasteiger partial charge in [-0.05, 0) is 43.4 Å². The van der Waals surface area contributed by atoms with Crippen LogP contribution >= 0.6 is 0 Å². The van der Waals surface area contributed by atoms with Gasteiger partial charge in [-0.15, -0.1) is 6.42 Å². The van der Waals surface area contributed by atoms with Crippen LogP contribution in [-0.2, 0) is 6.54 Å². The van der Waals surface area contributed by atoms with Crippen molar-refractivity contribution in [2.45, 2.75) is 69.7 Å². The maximum absolute atomic E-state index is 10.3. The Morgan fingerprint density at radius 3 is 2.66 bits per heavy atom. The van der Waals surface area contributed by atoms with E-state index in [2.05, 4.69) is 27.9 Å². The Morgan fingerprint density at radius 2 is 1.93 bits per heavy atom. The van der Waals surface area contributed by atoms with Crippen molar-refractivity contribution in [3.63, 3.8) is 0 Å². The average Bonchev–Trinajstić information content (AvgIpc) is 2.75. The number of piperidine rings is 1. The molecule has 0 radical (unpaired) electrons. The van der Waals surface area contributed by atoms with Crippen LogP contribution in [0.4, 0.5) is 0 Å². The second-order valence-corrected chi connectivity index (χ2v) is 8.54. The lowest BCUT2D eigenvalue weighted by Crippen LogP contribution is -2.41. The first-order valence-corrected chi connectivity index (χ1v) is 11.1. The predicted octanol–water partition coefficient (Wildman–Crippen LogP) is 2.65. The Hall–Kier alpha value is -1.58. The number of hydrogen-bond acceptors (Lipinski definition) is 5. The van der Waals surface area contributed by atoms with Crippen LogP contribution in [0, 0.1) is 12.3 Å². The summed E-state index contributed by atoms with van der Waals surface area (Å²) >= 11 is 0. The molecule has 1 aromatic carbocycles. The lowest BCUT2D eigenvalue weighted by Gasteiger charge is -2.33. The SMILES string of the molecule is C#CCN(Cc1cccc(OCC(O)CN2CCC(O)CC2)c1)C1CCCCC1. The summed E-state index contributed by atoms with van der Waals surface area (Å²) in [4.78, 5) is 4.61. The summed E-state index contributed by atoms with van der Waals surface area (Å²) in [5, 5.41) is 19.9. The van der Waals surface area contributed by atoms with Crippen molar-refractivity contribution >= 4 is 0 Å². The van der Waals surface area contributed by atoms with E-state index in [9.17, 15) is 10.2 Å². The summed E-state index contributed by atoms with van der Waals surface area (Å²) in [5.41, 5.74) is 1.20. The molecule has 1 unspecified atom stereocenters. The Morgan fingerprint density at radius 1 is 1.17 bits per heavy atom. The quantitative estimate of drug-likeness (QED) is 0.624. The van der Waals surface area contributed by atoms with Gasteiger partial charge in [0.05, 0.1) is 12.6 Å². The Balaban J connectivity index is 1.48. The van der Waals surface area contributed by atoms with Gasteiger partial charge in [0, 0.05) is 32.2 Å². The highest BCUT2D eigenvalue weighted by molar-refractivity contribution is 5.28. The van der Waals surface area contributed by atoms with Gasteiger partial charge < -0.3 is 19.8 Å². The fraction of sp³-hybridized carbons (Fsp3) is 0.667. The summed E-state index contributed by atoms with van der Waals surface area (Å²) < 4.78 is 5.87. The highest BCUT2D eigenvalue weighted by Gasteiger charge is 2.21. The van der Waals surface area contributed by atoms with Crippen molar-refractivity contribution in [1.82, 2.24) is 9.80 Å². The summed E-state index contributed by atoms with van der Waals surface area (Å²) in [6.07, 6.45) is 12.9. The first-order chi connectivity index (χ1) is 14.1. The monoisotopic (exact) mass is 400 g/mol. The fourth-order valence-corrected chi connectivity index (χ4v) is 4.49. The van der Waals surface area contributed by atoms with Crippen LogP contribution in [0.3, 0.4) is 0 Å². The number of benzene rings is 1. The van der Waals surface area contributed by atoms with E-state index in [1.807, 2.05) is 12.1 Å². The van der Waals surface area contributed by atoms with Gasteiger partial charge in [-0.1, -0.05) is 37.3 Å². The molecule has 2 fully saturated rings. The van der Waals surface area contributed by atoms with Crippen LogP contribution in [0.5, 0.6) is 5.75 Å². The second kappa shape index (κ2) is 11.6. The van der Waals surface area contributed by atoms with Crippen molar-refractivity contribution < 1.29 is 14.9 Å². The number of ether oxygens (including phenoxy) is 1. The van der Waals surface area contributed by atoms with E-state index in [4.69, 9.17) is 11.2 Å². The van der Waals surface area contributed by atoms with E-state index < -0.39 is 6.10 Å². The molecule has 160 valence electrons. The number of likely N-dealkylation sites (tertiary alicyclic amines) is 1. The minimum Gasteiger partial charge on any atom is -0.491 e. The predicted molar refractivity (Wildman–Crippen MR) is 116 cm³/mol. The van der Waals surface area contributed by atoms with E-state index in [1.54, 1.807) is 0 Å². The van der Waals surface area contributed by atoms with Gasteiger partial charge in [0.15, 0.2) is 0 Å². The third-order valence-corrected chi connectivity index (χ3v) is 6.14. The molecule has 0 amide bonds. The summed E-state index contributed by atoms with van der Waals surface area (Å²) in [5.74, 6) is 3.61. The molecule has 1 heterocycles. The lowest BCUT2D eigenvalue weighted by atomic mass is 9.94. The first kappa shape index (κ1) is 22.1. The number of nitrogens with zero attached hydrogens (tertiary/aromatic N) is 2. The van der Waals surface area contributed by atoms with Gasteiger partial charge in [0.25, 0.3) is 0 Å². The highest BCUT2D eigenvalue weighted by atomic mass is 16.5. The lowest BCUT2D eigenvalue weighted by molar-refractivity contribution is 0.0337. The van der Waals surface area contributed by atoms with Gasteiger partial charge in [-0.25, -0.2) is 0 Å². The standard InChI is InChI=1S/C24H36N2O3/c1-2-13-26(21-8-4-3-5-9-21)17-20-7-6-10-24(16-20)29-19-23(28)18-25-14-11-22(27)12-15-25/h1,6-7,10,16,21-23,27-28H,3-5,8-9,11-15,17-19H2. The Labute approximate surface area is 175 Å². The molecule has 1 saturated carbocycles. The molecule has 1 aliphatic carbocycles. The smallest absolute Gasteiger partial charge is 0.119 e. The maximum atomic E-state index is 10.3. The number of aliphatic hydroxyl groups excluding tert-OH is 2. The van der Waals surface area contributed by atoms with Gasteiger partial charge in [-0.2, -0.15) is 0 Å². The molecule has 0 bridgehead atoms. The zero-order valence-electron chi connectivity index (χ0n) is 17.5. The molecule has 2 N–H and O–H groups in total. The highest BCUT2D eigenvalue weighted by Crippen LogP contribution is 2.25. The van der Waals surface area contributed by atoms with Crippen LogP contribution in [0.2, 0.25) is 0 Å². The van der Waals surface area contributed by atoms with Crippen LogP contribution in [0.25, 0.3) is 0 Å². The third-order valence-electron chi connectivity index (χ3n) is 6.14. The molecule has 0 spiro atoms. The van der Waals surface area contributed by atoms with E-state index in [0.717, 1.165) is 38.2 Å². The van der Waals surface area contributed by atoms with Crippen LogP contribution in [0.15, 0.2) is 24.3 Å². The van der Waals surface area contributed by atoms with Crippen LogP contribution in [0.1, 0.15) is 50.5 Å². The number of terminal acetylenes is 1. The van der Waals surface area contributed by atoms with E-state index in [0.29, 0.717) is 19.1 Å². The molecule has 5 heteroatoms. The van der Waals surface area contributed by atoms with Crippen molar-refractivity contribution in [2.75, 3.05) is 32.8 Å². The normalized spacial score (nSPS) is 20.5. The van der Waals surface area contributed by atoms with Gasteiger partial charge in [-0.3, -0.25) is 4.90 Å². The largest absolute Gasteiger partial charge is 0.491 e. The third kappa shape index (κ3) is 7.31. The van der Waals surface area contributed by atoms with Crippen LogP contribution < -0.4 is 4.74 Å². The summed E-state index contributed by atoms with van der Waals surface area (Å²) in [6, 6.07) is 8.72. The maximum Gasteiger partial charge on any atom is 0.119 e. The molecule has 5 nitrogen and oxygen atoms in total. The van der Waals surface area contributed by atoms with Crippen molar-refractivity contribution in [3.8, 4) is 18.1 Å². The zero-order chi connectivity index (χ0) is 20.5. The minimum atomic E-state index is -0.533. The minimum absolute atomic E-state index is 0.190. The average molecular weight is 401 g/mol. The van der Waals surface area contributed by atoms with Gasteiger partial charge in [0.2, 0.25) is 0 Å². The van der Waals surface area contributed by atoms with Crippen molar-refractivity contribution in [3.05, 3.63) is 29.8 Å². The summed E-state index contributed by atoms with van der Waals surface area (Å²) in [6.45, 7) is 4.05. The molecule has 1 atom stereocenters. The molecule has 2 aliphatic rings. The van der Waals surface area contributed by atoms with E-state index >= 15 is 0 Å². The second-order valence-electron chi connectivity index (χ2n) is 8.54. The molecular formula is C24H36N2O3. The number of rotatable bonds is 9. The fourth-order valence-electron chi connectivity index (χ4n) is 4.49. The molecule has 1 aromatic rings.